The van der Waals surface area contributed by atoms with Crippen LogP contribution in [0.15, 0.2) is 24.3 Å². The first-order chi connectivity index (χ1) is 11.5. The van der Waals surface area contributed by atoms with Crippen LogP contribution < -0.4 is 4.74 Å². The summed E-state index contributed by atoms with van der Waals surface area (Å²) in [6, 6.07) is 6.37. The van der Waals surface area contributed by atoms with Crippen LogP contribution >= 0.6 is 0 Å². The molecular formula is C18H24F3NO2. The van der Waals surface area contributed by atoms with Crippen LogP contribution in [0.5, 0.6) is 5.75 Å². The Morgan fingerprint density at radius 3 is 2.50 bits per heavy atom. The molecule has 3 rings (SSSR count). The van der Waals surface area contributed by atoms with E-state index in [2.05, 4.69) is 9.64 Å². The second kappa shape index (κ2) is 7.31. The fourth-order valence-corrected chi connectivity index (χ4v) is 4.07. The molecule has 1 heterocycles. The third-order valence-electron chi connectivity index (χ3n) is 5.23. The molecule has 1 aliphatic carbocycles. The van der Waals surface area contributed by atoms with Gasteiger partial charge in [0, 0.05) is 18.6 Å². The first kappa shape index (κ1) is 17.5. The minimum Gasteiger partial charge on any atom is -0.406 e. The van der Waals surface area contributed by atoms with Crippen molar-refractivity contribution >= 4 is 0 Å². The Morgan fingerprint density at radius 2 is 1.83 bits per heavy atom. The predicted molar refractivity (Wildman–Crippen MR) is 85.0 cm³/mol. The molecule has 0 amide bonds. The molecule has 24 heavy (non-hydrogen) atoms. The highest BCUT2D eigenvalue weighted by atomic mass is 19.4. The first-order valence-corrected chi connectivity index (χ1v) is 8.64. The highest BCUT2D eigenvalue weighted by Gasteiger charge is 2.39. The molecule has 2 aliphatic rings. The number of rotatable bonds is 5. The Kier molecular flexibility index (Phi) is 5.35. The van der Waals surface area contributed by atoms with Gasteiger partial charge in [-0.05, 0) is 43.4 Å². The standard InChI is InChI=1S/C18H24F3NO2/c19-18(20,21)24-16-5-3-4-15(14-16)6-9-17(7-1-2-8-17)22-10-12-23-13-11-22/h3-5,14H,1-2,6-13H2. The zero-order chi connectivity index (χ0) is 17.0. The minimum atomic E-state index is -4.64. The number of aryl methyl sites for hydroxylation is 1. The van der Waals surface area contributed by atoms with Gasteiger partial charge in [0.05, 0.1) is 13.2 Å². The maximum atomic E-state index is 12.4. The maximum Gasteiger partial charge on any atom is 0.573 e. The van der Waals surface area contributed by atoms with Crippen molar-refractivity contribution in [3.05, 3.63) is 29.8 Å². The van der Waals surface area contributed by atoms with Crippen molar-refractivity contribution < 1.29 is 22.6 Å². The van der Waals surface area contributed by atoms with E-state index in [1.54, 1.807) is 6.07 Å². The number of nitrogens with zero attached hydrogens (tertiary/aromatic N) is 1. The number of alkyl halides is 3. The van der Waals surface area contributed by atoms with Crippen LogP contribution in [0.3, 0.4) is 0 Å². The molecule has 1 aliphatic heterocycles. The number of morpholine rings is 1. The van der Waals surface area contributed by atoms with E-state index in [-0.39, 0.29) is 11.3 Å². The van der Waals surface area contributed by atoms with Crippen LogP contribution in [-0.2, 0) is 11.2 Å². The van der Waals surface area contributed by atoms with Crippen LogP contribution in [0.1, 0.15) is 37.7 Å². The second-order valence-corrected chi connectivity index (χ2v) is 6.73. The monoisotopic (exact) mass is 343 g/mol. The van der Waals surface area contributed by atoms with Crippen molar-refractivity contribution in [1.29, 1.82) is 0 Å². The Hall–Kier alpha value is -1.27. The molecule has 1 aromatic carbocycles. The number of hydrogen-bond donors (Lipinski definition) is 0. The summed E-state index contributed by atoms with van der Waals surface area (Å²) in [5.41, 5.74) is 1.08. The molecule has 0 unspecified atom stereocenters. The lowest BCUT2D eigenvalue weighted by Gasteiger charge is -2.43. The predicted octanol–water partition coefficient (Wildman–Crippen LogP) is 4.16. The lowest BCUT2D eigenvalue weighted by atomic mass is 9.87. The smallest absolute Gasteiger partial charge is 0.406 e. The molecule has 0 atom stereocenters. The molecule has 1 aromatic rings. The van der Waals surface area contributed by atoms with Crippen LogP contribution in [0.2, 0.25) is 0 Å². The van der Waals surface area contributed by atoms with E-state index in [1.807, 2.05) is 6.07 Å². The average Bonchev–Trinajstić information content (AvgIpc) is 3.03. The van der Waals surface area contributed by atoms with Gasteiger partial charge in [0.2, 0.25) is 0 Å². The minimum absolute atomic E-state index is 0.133. The van der Waals surface area contributed by atoms with Crippen LogP contribution in [0, 0.1) is 0 Å². The van der Waals surface area contributed by atoms with Gasteiger partial charge in [-0.3, -0.25) is 4.90 Å². The van der Waals surface area contributed by atoms with Gasteiger partial charge in [-0.15, -0.1) is 13.2 Å². The molecule has 0 N–H and O–H groups in total. The quantitative estimate of drug-likeness (QED) is 0.801. The fraction of sp³-hybridized carbons (Fsp3) is 0.667. The molecule has 0 bridgehead atoms. The van der Waals surface area contributed by atoms with Gasteiger partial charge in [-0.25, -0.2) is 0 Å². The summed E-state index contributed by atoms with van der Waals surface area (Å²) >= 11 is 0. The Morgan fingerprint density at radius 1 is 1.12 bits per heavy atom. The summed E-state index contributed by atoms with van der Waals surface area (Å²) in [5.74, 6) is -0.133. The van der Waals surface area contributed by atoms with Crippen LogP contribution in [0.25, 0.3) is 0 Å². The summed E-state index contributed by atoms with van der Waals surface area (Å²) in [6.07, 6.45) is 1.91. The highest BCUT2D eigenvalue weighted by molar-refractivity contribution is 5.29. The molecule has 0 aromatic heterocycles. The zero-order valence-electron chi connectivity index (χ0n) is 13.8. The summed E-state index contributed by atoms with van der Waals surface area (Å²) in [4.78, 5) is 2.54. The molecular weight excluding hydrogens is 319 g/mol. The zero-order valence-corrected chi connectivity index (χ0v) is 13.8. The molecule has 1 saturated heterocycles. The topological polar surface area (TPSA) is 21.7 Å². The summed E-state index contributed by atoms with van der Waals surface area (Å²) in [7, 11) is 0. The van der Waals surface area contributed by atoms with Crippen molar-refractivity contribution in [3.63, 3.8) is 0 Å². The molecule has 3 nitrogen and oxygen atoms in total. The summed E-state index contributed by atoms with van der Waals surface area (Å²) in [5, 5.41) is 0. The average molecular weight is 343 g/mol. The number of hydrogen-bond acceptors (Lipinski definition) is 3. The van der Waals surface area contributed by atoms with E-state index in [0.717, 1.165) is 44.7 Å². The van der Waals surface area contributed by atoms with Gasteiger partial charge < -0.3 is 9.47 Å². The third kappa shape index (κ3) is 4.42. The fourth-order valence-electron chi connectivity index (χ4n) is 4.07. The van der Waals surface area contributed by atoms with E-state index in [1.165, 1.54) is 37.8 Å². The Labute approximate surface area is 140 Å². The summed E-state index contributed by atoms with van der Waals surface area (Å²) in [6.45, 7) is 3.46. The van der Waals surface area contributed by atoms with Gasteiger partial charge in [0.1, 0.15) is 5.75 Å². The second-order valence-electron chi connectivity index (χ2n) is 6.73. The molecule has 134 valence electrons. The van der Waals surface area contributed by atoms with Gasteiger partial charge in [-0.1, -0.05) is 25.0 Å². The van der Waals surface area contributed by atoms with Gasteiger partial charge in [0.25, 0.3) is 0 Å². The van der Waals surface area contributed by atoms with E-state index < -0.39 is 6.36 Å². The van der Waals surface area contributed by atoms with Gasteiger partial charge in [-0.2, -0.15) is 0 Å². The lowest BCUT2D eigenvalue weighted by molar-refractivity contribution is -0.274. The van der Waals surface area contributed by atoms with Crippen LogP contribution in [0.4, 0.5) is 13.2 Å². The van der Waals surface area contributed by atoms with Crippen molar-refractivity contribution in [2.75, 3.05) is 26.3 Å². The Bertz CT molecular complexity index is 535. The van der Waals surface area contributed by atoms with Crippen LogP contribution in [-0.4, -0.2) is 43.1 Å². The first-order valence-electron chi connectivity index (χ1n) is 8.64. The lowest BCUT2D eigenvalue weighted by Crippen LogP contribution is -2.52. The van der Waals surface area contributed by atoms with E-state index in [0.29, 0.717) is 0 Å². The van der Waals surface area contributed by atoms with Crippen molar-refractivity contribution in [2.24, 2.45) is 0 Å². The number of ether oxygens (including phenoxy) is 2. The number of halogens is 3. The van der Waals surface area contributed by atoms with E-state index >= 15 is 0 Å². The van der Waals surface area contributed by atoms with Gasteiger partial charge in [0.15, 0.2) is 0 Å². The summed E-state index contributed by atoms with van der Waals surface area (Å²) < 4.78 is 46.6. The van der Waals surface area contributed by atoms with E-state index in [9.17, 15) is 13.2 Å². The third-order valence-corrected chi connectivity index (χ3v) is 5.23. The molecule has 0 radical (unpaired) electrons. The van der Waals surface area contributed by atoms with Crippen molar-refractivity contribution in [1.82, 2.24) is 4.90 Å². The molecule has 6 heteroatoms. The normalized spacial score (nSPS) is 21.8. The largest absolute Gasteiger partial charge is 0.573 e. The molecule has 1 saturated carbocycles. The maximum absolute atomic E-state index is 12.4. The number of benzene rings is 1. The molecule has 2 fully saturated rings. The van der Waals surface area contributed by atoms with E-state index in [4.69, 9.17) is 4.74 Å². The molecule has 0 spiro atoms. The SMILES string of the molecule is FC(F)(F)Oc1cccc(CCC2(N3CCOCC3)CCCC2)c1. The Balaban J connectivity index is 1.65. The van der Waals surface area contributed by atoms with Gasteiger partial charge >= 0.3 is 6.36 Å². The van der Waals surface area contributed by atoms with Crippen molar-refractivity contribution in [2.45, 2.75) is 50.4 Å². The highest BCUT2D eigenvalue weighted by Crippen LogP contribution is 2.39. The van der Waals surface area contributed by atoms with Crippen molar-refractivity contribution in [3.8, 4) is 5.75 Å².